The first-order valence-electron chi connectivity index (χ1n) is 9.28. The first-order valence-corrected chi connectivity index (χ1v) is 9.28. The summed E-state index contributed by atoms with van der Waals surface area (Å²) in [5.74, 6) is -1.06. The van der Waals surface area contributed by atoms with Crippen LogP contribution in [0, 0.1) is 0 Å². The van der Waals surface area contributed by atoms with E-state index < -0.39 is 12.0 Å². The highest BCUT2D eigenvalue weighted by atomic mass is 16.4. The van der Waals surface area contributed by atoms with E-state index in [1.165, 1.54) is 56.4 Å². The smallest absolute Gasteiger partial charge is 0.326 e. The molecule has 0 spiro atoms. The number of nitrogens with zero attached hydrogens (tertiary/aromatic N) is 1. The van der Waals surface area contributed by atoms with E-state index in [-0.39, 0.29) is 24.9 Å². The summed E-state index contributed by atoms with van der Waals surface area (Å²) in [7, 11) is 0. The number of carboxylic acid groups (broad SMARTS) is 1. The molecule has 142 valence electrons. The first kappa shape index (κ1) is 19.9. The van der Waals surface area contributed by atoms with Gasteiger partial charge in [0.25, 0.3) is 5.91 Å². The van der Waals surface area contributed by atoms with Gasteiger partial charge in [-0.05, 0) is 43.4 Å². The Hall–Kier alpha value is -2.37. The topological polar surface area (TPSA) is 86.7 Å². The van der Waals surface area contributed by atoms with Gasteiger partial charge in [-0.3, -0.25) is 9.59 Å². The van der Waals surface area contributed by atoms with Gasteiger partial charge < -0.3 is 15.3 Å². The van der Waals surface area contributed by atoms with Crippen molar-refractivity contribution in [3.63, 3.8) is 0 Å². The van der Waals surface area contributed by atoms with E-state index in [1.54, 1.807) is 12.1 Å². The van der Waals surface area contributed by atoms with Crippen LogP contribution in [-0.2, 0) is 9.59 Å². The van der Waals surface area contributed by atoms with Crippen molar-refractivity contribution in [1.82, 2.24) is 10.2 Å². The molecule has 2 N–H and O–H groups in total. The number of carboxylic acids is 1. The van der Waals surface area contributed by atoms with E-state index in [9.17, 15) is 19.5 Å². The summed E-state index contributed by atoms with van der Waals surface area (Å²) >= 11 is 0. The van der Waals surface area contributed by atoms with Crippen molar-refractivity contribution >= 4 is 17.8 Å². The molecule has 0 aromatic heterocycles. The normalized spacial score (nSPS) is 15.9. The number of amides is 2. The van der Waals surface area contributed by atoms with Crippen LogP contribution < -0.4 is 5.32 Å². The molecule has 1 fully saturated rings. The molecule has 2 amide bonds. The fourth-order valence-electron chi connectivity index (χ4n) is 3.46. The van der Waals surface area contributed by atoms with Crippen LogP contribution in [0.15, 0.2) is 24.3 Å². The molecule has 1 atom stereocenters. The SMILES string of the molecule is CC(=O)NCCN(C(=O)c1ccc(C2CCCCC2)cc1)C(C)C(=O)O. The molecule has 0 heterocycles. The molecule has 26 heavy (non-hydrogen) atoms. The van der Waals surface area contributed by atoms with E-state index in [2.05, 4.69) is 5.32 Å². The zero-order chi connectivity index (χ0) is 19.1. The zero-order valence-corrected chi connectivity index (χ0v) is 15.5. The van der Waals surface area contributed by atoms with Gasteiger partial charge in [0.05, 0.1) is 0 Å². The molecular weight excluding hydrogens is 332 g/mol. The molecule has 1 aromatic rings. The van der Waals surface area contributed by atoms with Gasteiger partial charge in [0.1, 0.15) is 6.04 Å². The molecule has 6 heteroatoms. The number of carbonyl (C=O) groups excluding carboxylic acids is 2. The van der Waals surface area contributed by atoms with Crippen LogP contribution in [0.3, 0.4) is 0 Å². The van der Waals surface area contributed by atoms with Gasteiger partial charge in [-0.15, -0.1) is 0 Å². The number of nitrogens with one attached hydrogen (secondary N) is 1. The van der Waals surface area contributed by atoms with Crippen LogP contribution in [0.25, 0.3) is 0 Å². The Labute approximate surface area is 154 Å². The second-order valence-corrected chi connectivity index (χ2v) is 6.95. The lowest BCUT2D eigenvalue weighted by atomic mass is 9.84. The molecule has 1 aliphatic rings. The van der Waals surface area contributed by atoms with Crippen molar-refractivity contribution in [2.45, 2.75) is 57.9 Å². The Bertz CT molecular complexity index is 636. The third kappa shape index (κ3) is 5.31. The predicted octanol–water partition coefficient (Wildman–Crippen LogP) is 2.79. The van der Waals surface area contributed by atoms with Crippen molar-refractivity contribution in [1.29, 1.82) is 0 Å². The van der Waals surface area contributed by atoms with Gasteiger partial charge in [-0.2, -0.15) is 0 Å². The largest absolute Gasteiger partial charge is 0.480 e. The molecule has 1 aliphatic carbocycles. The average Bonchev–Trinajstić information content (AvgIpc) is 2.65. The summed E-state index contributed by atoms with van der Waals surface area (Å²) in [6.45, 7) is 3.23. The number of hydrogen-bond acceptors (Lipinski definition) is 3. The number of hydrogen-bond donors (Lipinski definition) is 2. The Morgan fingerprint density at radius 1 is 1.15 bits per heavy atom. The monoisotopic (exact) mass is 360 g/mol. The molecule has 0 bridgehead atoms. The van der Waals surface area contributed by atoms with Crippen LogP contribution in [0.2, 0.25) is 0 Å². The third-order valence-electron chi connectivity index (χ3n) is 5.05. The molecule has 0 radical (unpaired) electrons. The first-order chi connectivity index (χ1) is 12.4. The molecule has 1 saturated carbocycles. The minimum absolute atomic E-state index is 0.149. The van der Waals surface area contributed by atoms with Crippen molar-refractivity contribution in [3.05, 3.63) is 35.4 Å². The molecular formula is C20H28N2O4. The van der Waals surface area contributed by atoms with Gasteiger partial charge in [-0.25, -0.2) is 4.79 Å². The van der Waals surface area contributed by atoms with Gasteiger partial charge >= 0.3 is 5.97 Å². The Morgan fingerprint density at radius 2 is 1.77 bits per heavy atom. The number of benzene rings is 1. The van der Waals surface area contributed by atoms with Crippen LogP contribution in [0.5, 0.6) is 0 Å². The van der Waals surface area contributed by atoms with Crippen LogP contribution in [0.4, 0.5) is 0 Å². The summed E-state index contributed by atoms with van der Waals surface area (Å²) < 4.78 is 0. The van der Waals surface area contributed by atoms with E-state index in [4.69, 9.17) is 0 Å². The lowest BCUT2D eigenvalue weighted by molar-refractivity contribution is -0.141. The predicted molar refractivity (Wildman–Crippen MR) is 99.1 cm³/mol. The summed E-state index contributed by atoms with van der Waals surface area (Å²) in [4.78, 5) is 36.5. The zero-order valence-electron chi connectivity index (χ0n) is 15.5. The minimum Gasteiger partial charge on any atom is -0.480 e. The standard InChI is InChI=1S/C20H28N2O4/c1-14(20(25)26)22(13-12-21-15(2)23)19(24)18-10-8-17(9-11-18)16-6-4-3-5-7-16/h8-11,14,16H,3-7,12-13H2,1-2H3,(H,21,23)(H,25,26). The van der Waals surface area contributed by atoms with Crippen LogP contribution >= 0.6 is 0 Å². The lowest BCUT2D eigenvalue weighted by Crippen LogP contribution is -2.46. The number of rotatable bonds is 7. The summed E-state index contributed by atoms with van der Waals surface area (Å²) in [6, 6.07) is 6.58. The maximum atomic E-state index is 12.8. The van der Waals surface area contributed by atoms with E-state index in [1.807, 2.05) is 12.1 Å². The fraction of sp³-hybridized carbons (Fsp3) is 0.550. The van der Waals surface area contributed by atoms with Crippen molar-refractivity contribution in [2.24, 2.45) is 0 Å². The Balaban J connectivity index is 2.10. The second-order valence-electron chi connectivity index (χ2n) is 6.95. The highest BCUT2D eigenvalue weighted by Crippen LogP contribution is 2.32. The van der Waals surface area contributed by atoms with Crippen molar-refractivity contribution < 1.29 is 19.5 Å². The molecule has 6 nitrogen and oxygen atoms in total. The molecule has 0 aliphatic heterocycles. The minimum atomic E-state index is -1.07. The number of carbonyl (C=O) groups is 3. The van der Waals surface area contributed by atoms with Gasteiger partial charge in [-0.1, -0.05) is 31.4 Å². The second kappa shape index (κ2) is 9.36. The Kier molecular flexibility index (Phi) is 7.18. The highest BCUT2D eigenvalue weighted by molar-refractivity contribution is 5.96. The van der Waals surface area contributed by atoms with Gasteiger partial charge in [0.2, 0.25) is 5.91 Å². The van der Waals surface area contributed by atoms with Crippen LogP contribution in [0.1, 0.15) is 67.8 Å². The van der Waals surface area contributed by atoms with Gasteiger partial charge in [0.15, 0.2) is 0 Å². The highest BCUT2D eigenvalue weighted by Gasteiger charge is 2.26. The maximum Gasteiger partial charge on any atom is 0.326 e. The summed E-state index contributed by atoms with van der Waals surface area (Å²) in [5, 5.41) is 11.9. The van der Waals surface area contributed by atoms with Crippen molar-refractivity contribution in [2.75, 3.05) is 13.1 Å². The Morgan fingerprint density at radius 3 is 2.31 bits per heavy atom. The van der Waals surface area contributed by atoms with Crippen molar-refractivity contribution in [3.8, 4) is 0 Å². The lowest BCUT2D eigenvalue weighted by Gasteiger charge is -2.27. The van der Waals surface area contributed by atoms with Gasteiger partial charge in [0, 0.05) is 25.6 Å². The average molecular weight is 360 g/mol. The molecule has 0 saturated heterocycles. The molecule has 1 aromatic carbocycles. The van der Waals surface area contributed by atoms with E-state index in [0.717, 1.165) is 0 Å². The summed E-state index contributed by atoms with van der Waals surface area (Å²) in [5.41, 5.74) is 1.72. The molecule has 1 unspecified atom stereocenters. The third-order valence-corrected chi connectivity index (χ3v) is 5.05. The summed E-state index contributed by atoms with van der Waals surface area (Å²) in [6.07, 6.45) is 6.17. The number of aliphatic carboxylic acids is 1. The van der Waals surface area contributed by atoms with Crippen LogP contribution in [-0.4, -0.2) is 46.9 Å². The quantitative estimate of drug-likeness (QED) is 0.783. The van der Waals surface area contributed by atoms with E-state index in [0.29, 0.717) is 11.5 Å². The fourth-order valence-corrected chi connectivity index (χ4v) is 3.46. The molecule has 2 rings (SSSR count). The maximum absolute atomic E-state index is 12.8. The van der Waals surface area contributed by atoms with E-state index >= 15 is 0 Å².